The average molecular weight is 568 g/mol. The highest BCUT2D eigenvalue weighted by Gasteiger charge is 2.72. The minimum atomic E-state index is -6.47. The topological polar surface area (TPSA) is 83.5 Å². The summed E-state index contributed by atoms with van der Waals surface area (Å²) in [5, 5.41) is 8.73. The number of thiophene rings is 1. The van der Waals surface area contributed by atoms with Crippen LogP contribution < -0.4 is 4.72 Å². The lowest BCUT2D eigenvalue weighted by molar-refractivity contribution is -0.355. The molecule has 36 heavy (non-hydrogen) atoms. The minimum Gasteiger partial charge on any atom is -0.481 e. The standard InChI is InChI=1S/C21H21F8NO4S2/c22-13-6-9-15(10-7-13)36(33,34)30-16(17-11-8-14(35-17)3-1-5-18(31)32)4-2-12-19(23,24)20(25,26)21(27,28)29/h6-11,16,30H,1-5,12H2,(H,31,32). The van der Waals surface area contributed by atoms with Crippen LogP contribution in [0.2, 0.25) is 0 Å². The number of aryl methyl sites for hydroxylation is 1. The summed E-state index contributed by atoms with van der Waals surface area (Å²) in [6.07, 6.45) is -9.40. The summed E-state index contributed by atoms with van der Waals surface area (Å²) < 4.78 is 132. The summed E-state index contributed by atoms with van der Waals surface area (Å²) in [4.78, 5) is 11.1. The number of carboxylic acid groups (broad SMARTS) is 1. The van der Waals surface area contributed by atoms with Crippen LogP contribution in [0.1, 0.15) is 47.9 Å². The third-order valence-electron chi connectivity index (χ3n) is 5.06. The molecule has 2 aromatic rings. The molecule has 1 aromatic heterocycles. The van der Waals surface area contributed by atoms with E-state index >= 15 is 0 Å². The fraction of sp³-hybridized carbons (Fsp3) is 0.476. The third kappa shape index (κ3) is 7.62. The molecule has 1 atom stereocenters. The molecule has 202 valence electrons. The molecule has 0 spiro atoms. The van der Waals surface area contributed by atoms with Crippen LogP contribution >= 0.6 is 11.3 Å². The predicted octanol–water partition coefficient (Wildman–Crippen LogP) is 6.32. The molecule has 0 fully saturated rings. The number of hydrogen-bond acceptors (Lipinski definition) is 4. The Morgan fingerprint density at radius 2 is 1.58 bits per heavy atom. The molecule has 2 rings (SSSR count). The first-order chi connectivity index (χ1) is 16.5. The zero-order valence-corrected chi connectivity index (χ0v) is 19.9. The van der Waals surface area contributed by atoms with Gasteiger partial charge >= 0.3 is 24.0 Å². The van der Waals surface area contributed by atoms with Crippen LogP contribution in [0.3, 0.4) is 0 Å². The van der Waals surface area contributed by atoms with Crippen molar-refractivity contribution >= 4 is 27.3 Å². The van der Waals surface area contributed by atoms with Gasteiger partial charge in [0, 0.05) is 22.6 Å². The first kappa shape index (κ1) is 30.0. The van der Waals surface area contributed by atoms with E-state index in [0.29, 0.717) is 11.3 Å². The van der Waals surface area contributed by atoms with Gasteiger partial charge in [0.1, 0.15) is 5.82 Å². The van der Waals surface area contributed by atoms with E-state index in [4.69, 9.17) is 5.11 Å². The lowest BCUT2D eigenvalue weighted by Gasteiger charge is -2.28. The summed E-state index contributed by atoms with van der Waals surface area (Å²) in [5.74, 6) is -13.5. The van der Waals surface area contributed by atoms with Crippen molar-refractivity contribution in [1.82, 2.24) is 4.72 Å². The first-order valence-electron chi connectivity index (χ1n) is 10.4. The van der Waals surface area contributed by atoms with Gasteiger partial charge in [-0.1, -0.05) is 0 Å². The Labute approximate surface area is 205 Å². The number of alkyl halides is 7. The highest BCUT2D eigenvalue weighted by atomic mass is 32.2. The summed E-state index contributed by atoms with van der Waals surface area (Å²) in [6.45, 7) is 0. The molecule has 0 saturated carbocycles. The van der Waals surface area contributed by atoms with E-state index in [-0.39, 0.29) is 22.6 Å². The number of halogens is 8. The highest BCUT2D eigenvalue weighted by Crippen LogP contribution is 2.48. The van der Waals surface area contributed by atoms with Crippen LogP contribution in [-0.4, -0.2) is 37.5 Å². The molecule has 0 aliphatic rings. The van der Waals surface area contributed by atoms with Crippen LogP contribution in [0.25, 0.3) is 0 Å². The number of sulfonamides is 1. The van der Waals surface area contributed by atoms with Gasteiger partial charge in [0.2, 0.25) is 10.0 Å². The Balaban J connectivity index is 2.23. The van der Waals surface area contributed by atoms with E-state index in [1.807, 2.05) is 0 Å². The normalized spacial score (nSPS) is 14.1. The second kappa shape index (κ2) is 11.4. The molecule has 0 aliphatic carbocycles. The summed E-state index contributed by atoms with van der Waals surface area (Å²) >= 11 is 1.00. The fourth-order valence-electron chi connectivity index (χ4n) is 3.15. The van der Waals surface area contributed by atoms with E-state index in [0.717, 1.165) is 35.6 Å². The van der Waals surface area contributed by atoms with Crippen LogP contribution in [-0.2, 0) is 21.2 Å². The molecule has 5 nitrogen and oxygen atoms in total. The number of aliphatic carboxylic acids is 1. The van der Waals surface area contributed by atoms with Crippen molar-refractivity contribution in [3.8, 4) is 0 Å². The fourth-order valence-corrected chi connectivity index (χ4v) is 5.62. The number of hydrogen-bond donors (Lipinski definition) is 2. The van der Waals surface area contributed by atoms with Gasteiger partial charge in [0.25, 0.3) is 0 Å². The lowest BCUT2D eigenvalue weighted by Crippen LogP contribution is -2.51. The van der Waals surface area contributed by atoms with Crippen LogP contribution in [0.4, 0.5) is 35.1 Å². The second-order valence-corrected chi connectivity index (χ2v) is 10.8. The van der Waals surface area contributed by atoms with E-state index in [1.54, 1.807) is 0 Å². The minimum absolute atomic E-state index is 0.143. The molecule has 0 bridgehead atoms. The lowest BCUT2D eigenvalue weighted by atomic mass is 10.0. The van der Waals surface area contributed by atoms with Crippen molar-refractivity contribution in [3.63, 3.8) is 0 Å². The molecule has 0 radical (unpaired) electrons. The van der Waals surface area contributed by atoms with Crippen LogP contribution in [0.5, 0.6) is 0 Å². The molecule has 1 heterocycles. The van der Waals surface area contributed by atoms with Gasteiger partial charge in [-0.15, -0.1) is 11.3 Å². The monoisotopic (exact) mass is 567 g/mol. The van der Waals surface area contributed by atoms with Gasteiger partial charge in [-0.25, -0.2) is 17.5 Å². The third-order valence-corrected chi connectivity index (χ3v) is 7.81. The number of rotatable bonds is 13. The molecule has 2 N–H and O–H groups in total. The van der Waals surface area contributed by atoms with E-state index in [2.05, 4.69) is 4.72 Å². The maximum Gasteiger partial charge on any atom is 0.459 e. The van der Waals surface area contributed by atoms with Gasteiger partial charge in [0.05, 0.1) is 10.9 Å². The summed E-state index contributed by atoms with van der Waals surface area (Å²) in [7, 11) is -4.36. The van der Waals surface area contributed by atoms with Crippen LogP contribution in [0.15, 0.2) is 41.3 Å². The van der Waals surface area contributed by atoms with Gasteiger partial charge in [-0.05, 0) is 62.1 Å². The number of benzene rings is 1. The smallest absolute Gasteiger partial charge is 0.459 e. The maximum atomic E-state index is 13.7. The molecule has 0 saturated heterocycles. The van der Waals surface area contributed by atoms with Gasteiger partial charge in [-0.3, -0.25) is 4.79 Å². The van der Waals surface area contributed by atoms with Crippen molar-refractivity contribution in [1.29, 1.82) is 0 Å². The van der Waals surface area contributed by atoms with Gasteiger partial charge in [0.15, 0.2) is 0 Å². The molecule has 15 heteroatoms. The molecular weight excluding hydrogens is 546 g/mol. The van der Waals surface area contributed by atoms with Crippen molar-refractivity contribution in [2.24, 2.45) is 0 Å². The van der Waals surface area contributed by atoms with Gasteiger partial charge < -0.3 is 5.11 Å². The quantitative estimate of drug-likeness (QED) is 0.278. The highest BCUT2D eigenvalue weighted by molar-refractivity contribution is 7.89. The average Bonchev–Trinajstić information content (AvgIpc) is 3.21. The van der Waals surface area contributed by atoms with Crippen molar-refractivity contribution in [2.45, 2.75) is 67.5 Å². The molecular formula is C21H21F8NO4S2. The Kier molecular flexibility index (Phi) is 9.51. The van der Waals surface area contributed by atoms with Crippen molar-refractivity contribution < 1.29 is 53.4 Å². The summed E-state index contributed by atoms with van der Waals surface area (Å²) in [5.41, 5.74) is 0. The SMILES string of the molecule is O=C(O)CCCc1ccc(C(CCCC(F)(F)C(F)(F)C(F)(F)F)NS(=O)(=O)c2ccc(F)cc2)s1. The predicted molar refractivity (Wildman–Crippen MR) is 114 cm³/mol. The van der Waals surface area contributed by atoms with E-state index < -0.39 is 65.1 Å². The summed E-state index contributed by atoms with van der Waals surface area (Å²) in [6, 6.07) is 5.24. The Bertz CT molecular complexity index is 1130. The Morgan fingerprint density at radius 1 is 0.972 bits per heavy atom. The second-order valence-electron chi connectivity index (χ2n) is 7.85. The first-order valence-corrected chi connectivity index (χ1v) is 12.7. The zero-order valence-electron chi connectivity index (χ0n) is 18.3. The maximum absolute atomic E-state index is 13.7. The number of carbonyl (C=O) groups is 1. The van der Waals surface area contributed by atoms with E-state index in [1.165, 1.54) is 12.1 Å². The Morgan fingerprint density at radius 3 is 2.14 bits per heavy atom. The molecule has 0 amide bonds. The molecule has 1 unspecified atom stereocenters. The van der Waals surface area contributed by atoms with Crippen molar-refractivity contribution in [2.75, 3.05) is 0 Å². The number of carboxylic acids is 1. The molecule has 1 aromatic carbocycles. The van der Waals surface area contributed by atoms with Crippen LogP contribution in [0, 0.1) is 5.82 Å². The largest absolute Gasteiger partial charge is 0.481 e. The van der Waals surface area contributed by atoms with Crippen molar-refractivity contribution in [3.05, 3.63) is 52.0 Å². The van der Waals surface area contributed by atoms with E-state index in [9.17, 15) is 48.3 Å². The Hall–Kier alpha value is -2.26. The van der Waals surface area contributed by atoms with Gasteiger partial charge in [-0.2, -0.15) is 30.7 Å². The zero-order chi connectivity index (χ0) is 27.4. The molecule has 0 aliphatic heterocycles. The number of nitrogens with one attached hydrogen (secondary N) is 1.